The zero-order chi connectivity index (χ0) is 23.9. The Bertz CT molecular complexity index is 1000. The summed E-state index contributed by atoms with van der Waals surface area (Å²) in [7, 11) is 0. The molecular weight excluding hydrogens is 444 g/mol. The number of nitrogens with zero attached hydrogens (tertiary/aromatic N) is 2. The summed E-state index contributed by atoms with van der Waals surface area (Å²) < 4.78 is 6.57. The van der Waals surface area contributed by atoms with Gasteiger partial charge in [-0.25, -0.2) is 0 Å². The van der Waals surface area contributed by atoms with Crippen LogP contribution in [0.25, 0.3) is 0 Å². The largest absolute Gasteiger partial charge is 0.489 e. The number of carbonyl (C=O) groups is 3. The van der Waals surface area contributed by atoms with Gasteiger partial charge in [0, 0.05) is 37.7 Å². The minimum Gasteiger partial charge on any atom is -0.489 e. The molecular formula is C27H36N4O4. The molecule has 1 aliphatic carbocycles. The normalized spacial score (nSPS) is 32.2. The van der Waals surface area contributed by atoms with Crippen LogP contribution >= 0.6 is 0 Å². The van der Waals surface area contributed by atoms with Crippen LogP contribution < -0.4 is 15.4 Å². The number of amides is 3. The summed E-state index contributed by atoms with van der Waals surface area (Å²) in [5.41, 5.74) is 1.53. The van der Waals surface area contributed by atoms with Crippen LogP contribution in [0.1, 0.15) is 67.3 Å². The molecule has 4 aliphatic heterocycles. The van der Waals surface area contributed by atoms with Gasteiger partial charge in [0.2, 0.25) is 11.8 Å². The highest BCUT2D eigenvalue weighted by molar-refractivity contribution is 6.05. The van der Waals surface area contributed by atoms with Crippen molar-refractivity contribution in [3.05, 3.63) is 29.3 Å². The average Bonchev–Trinajstić information content (AvgIpc) is 3.15. The lowest BCUT2D eigenvalue weighted by Gasteiger charge is -2.51. The highest BCUT2D eigenvalue weighted by atomic mass is 16.5. The minimum atomic E-state index is -0.585. The SMILES string of the molecule is O=C1CCC(N2Cc3cc(O[C@@H]4CCCC[C@H]4N4CC(C5CCCNC5)C4)ccc3C2=O)C(=O)N1. The fraction of sp³-hybridized carbons (Fsp3) is 0.667. The van der Waals surface area contributed by atoms with E-state index < -0.39 is 6.04 Å². The molecule has 2 N–H and O–H groups in total. The van der Waals surface area contributed by atoms with Crippen LogP contribution in [0.3, 0.4) is 0 Å². The van der Waals surface area contributed by atoms with Gasteiger partial charge in [0.05, 0.1) is 0 Å². The van der Waals surface area contributed by atoms with Gasteiger partial charge in [0.25, 0.3) is 5.91 Å². The Morgan fingerprint density at radius 1 is 0.943 bits per heavy atom. The van der Waals surface area contributed by atoms with E-state index in [2.05, 4.69) is 15.5 Å². The second kappa shape index (κ2) is 9.54. The number of piperidine rings is 2. The van der Waals surface area contributed by atoms with Gasteiger partial charge in [0.15, 0.2) is 0 Å². The molecule has 3 amide bonds. The number of ether oxygens (including phenoxy) is 1. The van der Waals surface area contributed by atoms with E-state index in [-0.39, 0.29) is 30.2 Å². The third kappa shape index (κ3) is 4.47. The summed E-state index contributed by atoms with van der Waals surface area (Å²) in [6, 6.07) is 5.61. The lowest BCUT2D eigenvalue weighted by atomic mass is 9.78. The van der Waals surface area contributed by atoms with Crippen LogP contribution in [-0.4, -0.2) is 71.9 Å². The molecule has 6 rings (SSSR count). The molecule has 188 valence electrons. The molecule has 4 heterocycles. The van der Waals surface area contributed by atoms with Crippen LogP contribution in [0, 0.1) is 11.8 Å². The second-order valence-electron chi connectivity index (χ2n) is 11.0. The van der Waals surface area contributed by atoms with Crippen molar-refractivity contribution in [1.29, 1.82) is 0 Å². The predicted octanol–water partition coefficient (Wildman–Crippen LogP) is 2.07. The van der Waals surface area contributed by atoms with Gasteiger partial charge in [-0.1, -0.05) is 6.42 Å². The Kier molecular flexibility index (Phi) is 6.26. The van der Waals surface area contributed by atoms with Crippen molar-refractivity contribution in [3.8, 4) is 5.75 Å². The van der Waals surface area contributed by atoms with Gasteiger partial charge in [-0.2, -0.15) is 0 Å². The number of carbonyl (C=O) groups excluding carboxylic acids is 3. The predicted molar refractivity (Wildman–Crippen MR) is 130 cm³/mol. The Hall–Kier alpha value is -2.45. The molecule has 1 saturated carbocycles. The van der Waals surface area contributed by atoms with Crippen molar-refractivity contribution in [3.63, 3.8) is 0 Å². The molecule has 8 heteroatoms. The highest BCUT2D eigenvalue weighted by Gasteiger charge is 2.42. The highest BCUT2D eigenvalue weighted by Crippen LogP contribution is 2.36. The molecule has 0 aromatic heterocycles. The Balaban J connectivity index is 1.10. The van der Waals surface area contributed by atoms with E-state index >= 15 is 0 Å². The number of likely N-dealkylation sites (tertiary alicyclic amines) is 1. The third-order valence-electron chi connectivity index (χ3n) is 8.86. The number of hydrogen-bond donors (Lipinski definition) is 2. The molecule has 4 atom stereocenters. The summed E-state index contributed by atoms with van der Waals surface area (Å²) in [6.45, 7) is 5.11. The number of hydrogen-bond acceptors (Lipinski definition) is 6. The summed E-state index contributed by atoms with van der Waals surface area (Å²) in [5.74, 6) is 1.67. The van der Waals surface area contributed by atoms with Crippen molar-refractivity contribution >= 4 is 17.7 Å². The summed E-state index contributed by atoms with van der Waals surface area (Å²) in [6.07, 6.45) is 8.19. The molecule has 0 spiro atoms. The van der Waals surface area contributed by atoms with Gasteiger partial charge in [0.1, 0.15) is 17.9 Å². The first-order chi connectivity index (χ1) is 17.1. The van der Waals surface area contributed by atoms with E-state index in [1.807, 2.05) is 18.2 Å². The lowest BCUT2D eigenvalue weighted by Crippen LogP contribution is -2.60. The maximum absolute atomic E-state index is 13.0. The van der Waals surface area contributed by atoms with Crippen LogP contribution in [0.2, 0.25) is 0 Å². The van der Waals surface area contributed by atoms with E-state index in [1.54, 1.807) is 4.90 Å². The van der Waals surface area contributed by atoms with E-state index in [9.17, 15) is 14.4 Å². The summed E-state index contributed by atoms with van der Waals surface area (Å²) in [4.78, 5) is 41.0. The van der Waals surface area contributed by atoms with E-state index in [1.165, 1.54) is 58.3 Å². The van der Waals surface area contributed by atoms with Crippen molar-refractivity contribution in [1.82, 2.24) is 20.4 Å². The van der Waals surface area contributed by atoms with Gasteiger partial charge in [-0.05, 0) is 87.2 Å². The van der Waals surface area contributed by atoms with Gasteiger partial charge >= 0.3 is 0 Å². The molecule has 0 bridgehead atoms. The van der Waals surface area contributed by atoms with E-state index in [4.69, 9.17) is 4.74 Å². The Morgan fingerprint density at radius 2 is 1.80 bits per heavy atom. The Labute approximate surface area is 206 Å². The van der Waals surface area contributed by atoms with Gasteiger partial charge < -0.3 is 15.0 Å². The number of fused-ring (bicyclic) bond motifs is 1. The topological polar surface area (TPSA) is 91.0 Å². The third-order valence-corrected chi connectivity index (χ3v) is 8.86. The molecule has 35 heavy (non-hydrogen) atoms. The smallest absolute Gasteiger partial charge is 0.255 e. The van der Waals surface area contributed by atoms with Crippen molar-refractivity contribution in [2.45, 2.75) is 76.1 Å². The Morgan fingerprint density at radius 3 is 2.60 bits per heavy atom. The summed E-state index contributed by atoms with van der Waals surface area (Å²) in [5, 5.41) is 5.93. The molecule has 0 radical (unpaired) electrons. The van der Waals surface area contributed by atoms with Gasteiger partial charge in [-0.3, -0.25) is 24.6 Å². The van der Waals surface area contributed by atoms with Crippen LogP contribution in [0.4, 0.5) is 0 Å². The van der Waals surface area contributed by atoms with Crippen LogP contribution in [0.5, 0.6) is 5.75 Å². The molecule has 1 aromatic carbocycles. The van der Waals surface area contributed by atoms with Crippen LogP contribution in [-0.2, 0) is 16.1 Å². The quantitative estimate of drug-likeness (QED) is 0.627. The number of rotatable bonds is 5. The second-order valence-corrected chi connectivity index (χ2v) is 11.0. The van der Waals surface area contributed by atoms with E-state index in [0.717, 1.165) is 29.6 Å². The summed E-state index contributed by atoms with van der Waals surface area (Å²) >= 11 is 0. The number of benzene rings is 1. The average molecular weight is 481 g/mol. The molecule has 2 unspecified atom stereocenters. The lowest BCUT2D eigenvalue weighted by molar-refractivity contribution is -0.136. The first-order valence-electron chi connectivity index (χ1n) is 13.5. The fourth-order valence-electron chi connectivity index (χ4n) is 6.83. The standard InChI is InChI=1S/C27H36N4O4/c32-25-10-9-23(26(33)29-25)31-16-18-12-20(7-8-21(18)27(31)34)35-24-6-2-1-5-22(24)30-14-19(15-30)17-4-3-11-28-13-17/h7-8,12,17,19,22-24,28H,1-6,9-11,13-16H2,(H,29,32,33)/t17?,22-,23?,24-/m1/s1. The maximum atomic E-state index is 13.0. The monoisotopic (exact) mass is 480 g/mol. The number of imide groups is 1. The molecule has 1 aromatic rings. The molecule has 8 nitrogen and oxygen atoms in total. The first-order valence-corrected chi connectivity index (χ1v) is 13.5. The van der Waals surface area contributed by atoms with Crippen molar-refractivity contribution in [2.75, 3.05) is 26.2 Å². The van der Waals surface area contributed by atoms with Crippen LogP contribution in [0.15, 0.2) is 18.2 Å². The first kappa shape index (κ1) is 23.0. The molecule has 3 saturated heterocycles. The zero-order valence-corrected chi connectivity index (χ0v) is 20.3. The fourth-order valence-corrected chi connectivity index (χ4v) is 6.83. The van der Waals surface area contributed by atoms with Crippen molar-refractivity contribution in [2.24, 2.45) is 11.8 Å². The molecule has 4 fully saturated rings. The molecule has 5 aliphatic rings. The minimum absolute atomic E-state index is 0.139. The number of nitrogens with one attached hydrogen (secondary N) is 2. The van der Waals surface area contributed by atoms with E-state index in [0.29, 0.717) is 24.6 Å². The zero-order valence-electron chi connectivity index (χ0n) is 20.3. The maximum Gasteiger partial charge on any atom is 0.255 e. The van der Waals surface area contributed by atoms with Gasteiger partial charge in [-0.15, -0.1) is 0 Å². The van der Waals surface area contributed by atoms with Crippen molar-refractivity contribution < 1.29 is 19.1 Å².